The van der Waals surface area contributed by atoms with E-state index in [0.29, 0.717) is 5.75 Å². The highest BCUT2D eigenvalue weighted by atomic mass is 32.2. The Bertz CT molecular complexity index is 451. The minimum absolute atomic E-state index is 0.231. The van der Waals surface area contributed by atoms with E-state index in [4.69, 9.17) is 0 Å². The molecule has 20 heavy (non-hydrogen) atoms. The van der Waals surface area contributed by atoms with Gasteiger partial charge in [-0.25, -0.2) is 0 Å². The lowest BCUT2D eigenvalue weighted by molar-refractivity contribution is -0.139. The van der Waals surface area contributed by atoms with Crippen LogP contribution in [0.3, 0.4) is 0 Å². The van der Waals surface area contributed by atoms with Crippen LogP contribution in [-0.4, -0.2) is 29.6 Å². The van der Waals surface area contributed by atoms with E-state index in [9.17, 15) is 23.1 Å². The summed E-state index contributed by atoms with van der Waals surface area (Å²) in [6.45, 7) is -0.236. The number of halogens is 3. The molecule has 0 fully saturated rings. The van der Waals surface area contributed by atoms with Crippen LogP contribution in [0.1, 0.15) is 23.7 Å². The topological polar surface area (TPSA) is 49.3 Å². The molecule has 0 aliphatic carbocycles. The molecule has 1 atom stereocenters. The number of thioether (sulfide) groups is 1. The van der Waals surface area contributed by atoms with Gasteiger partial charge in [-0.05, 0) is 17.9 Å². The molecule has 2 N–H and O–H groups in total. The van der Waals surface area contributed by atoms with Gasteiger partial charge in [-0.2, -0.15) is 24.9 Å². The summed E-state index contributed by atoms with van der Waals surface area (Å²) in [5, 5.41) is 12.2. The molecule has 0 spiro atoms. The Balaban J connectivity index is 2.69. The molecule has 1 aromatic carbocycles. The van der Waals surface area contributed by atoms with Crippen LogP contribution in [0.4, 0.5) is 13.2 Å². The van der Waals surface area contributed by atoms with Gasteiger partial charge in [0, 0.05) is 18.7 Å². The van der Waals surface area contributed by atoms with Gasteiger partial charge in [0.1, 0.15) is 0 Å². The van der Waals surface area contributed by atoms with Crippen molar-refractivity contribution >= 4 is 17.7 Å². The first-order valence-electron chi connectivity index (χ1n) is 5.96. The largest absolute Gasteiger partial charge is 0.416 e. The minimum atomic E-state index is -4.53. The van der Waals surface area contributed by atoms with E-state index in [1.165, 1.54) is 30.0 Å². The van der Waals surface area contributed by atoms with Crippen LogP contribution in [0.15, 0.2) is 24.3 Å². The Hall–Kier alpha value is -1.21. The van der Waals surface area contributed by atoms with Gasteiger partial charge in [-0.1, -0.05) is 18.2 Å². The Morgan fingerprint density at radius 3 is 2.65 bits per heavy atom. The number of aliphatic hydroxyl groups excluding tert-OH is 1. The van der Waals surface area contributed by atoms with Gasteiger partial charge in [-0.3, -0.25) is 4.79 Å². The summed E-state index contributed by atoms with van der Waals surface area (Å²) in [5.74, 6) is 0.337. The zero-order valence-corrected chi connectivity index (χ0v) is 11.7. The van der Waals surface area contributed by atoms with Crippen molar-refractivity contribution in [2.24, 2.45) is 0 Å². The molecule has 0 bridgehead atoms. The summed E-state index contributed by atoms with van der Waals surface area (Å²) in [7, 11) is 0. The molecule has 1 unspecified atom stereocenters. The summed E-state index contributed by atoms with van der Waals surface area (Å²) in [5.41, 5.74) is -1.11. The van der Waals surface area contributed by atoms with Gasteiger partial charge in [0.05, 0.1) is 11.7 Å². The Labute approximate surface area is 119 Å². The van der Waals surface area contributed by atoms with Crippen LogP contribution in [0.25, 0.3) is 0 Å². The third-order valence-electron chi connectivity index (χ3n) is 2.65. The number of aliphatic hydroxyl groups is 1. The highest BCUT2D eigenvalue weighted by Gasteiger charge is 2.34. The number of amides is 1. The quantitative estimate of drug-likeness (QED) is 0.849. The molecule has 0 heterocycles. The Morgan fingerprint density at radius 1 is 1.40 bits per heavy atom. The molecule has 3 nitrogen and oxygen atoms in total. The molecule has 0 radical (unpaired) electrons. The predicted octanol–water partition coefficient (Wildman–Crippen LogP) is 2.61. The van der Waals surface area contributed by atoms with Gasteiger partial charge in [0.15, 0.2) is 0 Å². The summed E-state index contributed by atoms with van der Waals surface area (Å²) in [4.78, 5) is 11.4. The lowest BCUT2D eigenvalue weighted by atomic mass is 10.0. The van der Waals surface area contributed by atoms with Gasteiger partial charge in [-0.15, -0.1) is 0 Å². The number of nitrogens with one attached hydrogen (secondary N) is 1. The third-order valence-corrected chi connectivity index (χ3v) is 3.26. The molecular weight excluding hydrogens is 291 g/mol. The highest BCUT2D eigenvalue weighted by Crippen LogP contribution is 2.34. The van der Waals surface area contributed by atoms with Crippen molar-refractivity contribution in [3.8, 4) is 0 Å². The summed E-state index contributed by atoms with van der Waals surface area (Å²) >= 11 is 1.49. The van der Waals surface area contributed by atoms with Crippen molar-refractivity contribution < 1.29 is 23.1 Å². The number of rotatable bonds is 6. The molecular formula is C13H16F3NO2S. The fourth-order valence-corrected chi connectivity index (χ4v) is 2.04. The summed E-state index contributed by atoms with van der Waals surface area (Å²) < 4.78 is 38.3. The lowest BCUT2D eigenvalue weighted by Gasteiger charge is -2.17. The number of hydrogen-bond acceptors (Lipinski definition) is 3. The Kier molecular flexibility index (Phi) is 6.35. The Morgan fingerprint density at radius 2 is 2.05 bits per heavy atom. The summed E-state index contributed by atoms with van der Waals surface area (Å²) in [6, 6.07) is 4.80. The standard InChI is InChI=1S/C13H16F3NO2S/c1-20-7-6-12(19)17-8-11(18)9-4-2-3-5-10(9)13(14,15)16/h2-5,11,18H,6-8H2,1H3,(H,17,19). The van der Waals surface area contributed by atoms with Crippen LogP contribution in [-0.2, 0) is 11.0 Å². The number of alkyl halides is 3. The molecule has 0 aliphatic rings. The van der Waals surface area contributed by atoms with Crippen molar-refractivity contribution in [2.75, 3.05) is 18.6 Å². The number of carbonyl (C=O) groups is 1. The molecule has 1 amide bonds. The maximum absolute atomic E-state index is 12.8. The van der Waals surface area contributed by atoms with E-state index in [1.807, 2.05) is 6.26 Å². The van der Waals surface area contributed by atoms with E-state index in [0.717, 1.165) is 6.07 Å². The molecule has 7 heteroatoms. The number of hydrogen-bond donors (Lipinski definition) is 2. The molecule has 112 valence electrons. The van der Waals surface area contributed by atoms with Crippen LogP contribution >= 0.6 is 11.8 Å². The average molecular weight is 307 g/mol. The van der Waals surface area contributed by atoms with Crippen LogP contribution in [0.2, 0.25) is 0 Å². The van der Waals surface area contributed by atoms with E-state index >= 15 is 0 Å². The van der Waals surface area contributed by atoms with Gasteiger partial charge >= 0.3 is 6.18 Å². The number of carbonyl (C=O) groups excluding carboxylic acids is 1. The van der Waals surface area contributed by atoms with Gasteiger partial charge < -0.3 is 10.4 Å². The van der Waals surface area contributed by atoms with Gasteiger partial charge in [0.25, 0.3) is 0 Å². The lowest BCUT2D eigenvalue weighted by Crippen LogP contribution is -2.29. The van der Waals surface area contributed by atoms with Crippen molar-refractivity contribution in [1.29, 1.82) is 0 Å². The molecule has 1 aromatic rings. The first-order chi connectivity index (χ1) is 9.36. The predicted molar refractivity (Wildman–Crippen MR) is 72.4 cm³/mol. The first kappa shape index (κ1) is 16.8. The second kappa shape index (κ2) is 7.54. The first-order valence-corrected chi connectivity index (χ1v) is 7.35. The van der Waals surface area contributed by atoms with Crippen molar-refractivity contribution in [3.63, 3.8) is 0 Å². The zero-order chi connectivity index (χ0) is 15.2. The van der Waals surface area contributed by atoms with Crippen molar-refractivity contribution in [2.45, 2.75) is 18.7 Å². The molecule has 1 rings (SSSR count). The van der Waals surface area contributed by atoms with Crippen LogP contribution < -0.4 is 5.32 Å². The SMILES string of the molecule is CSCCC(=O)NCC(O)c1ccccc1C(F)(F)F. The average Bonchev–Trinajstić information content (AvgIpc) is 2.41. The second-order valence-electron chi connectivity index (χ2n) is 4.15. The van der Waals surface area contributed by atoms with Crippen molar-refractivity contribution in [3.05, 3.63) is 35.4 Å². The van der Waals surface area contributed by atoms with Gasteiger partial charge in [0.2, 0.25) is 5.91 Å². The van der Waals surface area contributed by atoms with E-state index in [1.54, 1.807) is 0 Å². The zero-order valence-electron chi connectivity index (χ0n) is 10.9. The number of benzene rings is 1. The fraction of sp³-hybridized carbons (Fsp3) is 0.462. The second-order valence-corrected chi connectivity index (χ2v) is 5.13. The van der Waals surface area contributed by atoms with E-state index in [-0.39, 0.29) is 24.4 Å². The highest BCUT2D eigenvalue weighted by molar-refractivity contribution is 7.98. The van der Waals surface area contributed by atoms with E-state index < -0.39 is 17.8 Å². The molecule has 0 aromatic heterocycles. The third kappa shape index (κ3) is 5.05. The van der Waals surface area contributed by atoms with Crippen LogP contribution in [0, 0.1) is 0 Å². The maximum Gasteiger partial charge on any atom is 0.416 e. The molecule has 0 saturated carbocycles. The molecule has 0 saturated heterocycles. The maximum atomic E-state index is 12.8. The van der Waals surface area contributed by atoms with E-state index in [2.05, 4.69) is 5.32 Å². The van der Waals surface area contributed by atoms with Crippen LogP contribution in [0.5, 0.6) is 0 Å². The molecule has 0 aliphatic heterocycles. The monoisotopic (exact) mass is 307 g/mol. The fourth-order valence-electron chi connectivity index (χ4n) is 1.65. The smallest absolute Gasteiger partial charge is 0.387 e. The normalized spacial score (nSPS) is 13.1. The van der Waals surface area contributed by atoms with Crippen molar-refractivity contribution in [1.82, 2.24) is 5.32 Å². The summed E-state index contributed by atoms with van der Waals surface area (Å²) in [6.07, 6.45) is -3.79. The minimum Gasteiger partial charge on any atom is -0.387 e.